The molecule has 0 saturated heterocycles. The molecule has 3 nitrogen and oxygen atoms in total. The van der Waals surface area contributed by atoms with Crippen molar-refractivity contribution in [2.24, 2.45) is 0 Å². The number of nitrogens with zero attached hydrogens (tertiary/aromatic N) is 2. The maximum absolute atomic E-state index is 6.14. The summed E-state index contributed by atoms with van der Waals surface area (Å²) < 4.78 is 2.04. The molecule has 0 bridgehead atoms. The molecule has 1 aromatic carbocycles. The number of aromatic nitrogens is 2. The third-order valence-electron chi connectivity index (χ3n) is 3.69. The van der Waals surface area contributed by atoms with Gasteiger partial charge in [-0.3, -0.25) is 0 Å². The zero-order valence-electron chi connectivity index (χ0n) is 11.4. The number of fused-ring (bicyclic) bond motifs is 1. The summed E-state index contributed by atoms with van der Waals surface area (Å²) in [6, 6.07) is 5.72. The Labute approximate surface area is 128 Å². The van der Waals surface area contributed by atoms with E-state index in [-0.39, 0.29) is 0 Å². The molecule has 1 N–H and O–H groups in total. The number of benzene rings is 1. The highest BCUT2D eigenvalue weighted by molar-refractivity contribution is 6.42. The minimum Gasteiger partial charge on any atom is -0.370 e. The van der Waals surface area contributed by atoms with E-state index < -0.39 is 0 Å². The molecule has 106 valence electrons. The van der Waals surface area contributed by atoms with E-state index in [1.165, 1.54) is 18.4 Å². The van der Waals surface area contributed by atoms with Crippen LogP contribution in [0.1, 0.15) is 25.3 Å². The van der Waals surface area contributed by atoms with E-state index in [4.69, 9.17) is 28.3 Å². The highest BCUT2D eigenvalue weighted by Crippen LogP contribution is 2.34. The lowest BCUT2D eigenvalue weighted by atomic mass is 10.0. The zero-order valence-corrected chi connectivity index (χ0v) is 12.9. The SMILES string of the molecule is CCn1nc(-c2ccc(Cl)c(Cl)c2)c2c1NCCCC2. The van der Waals surface area contributed by atoms with E-state index in [1.54, 1.807) is 0 Å². The van der Waals surface area contributed by atoms with Gasteiger partial charge in [0.15, 0.2) is 0 Å². The van der Waals surface area contributed by atoms with Crippen LogP contribution in [-0.2, 0) is 13.0 Å². The molecule has 1 aromatic heterocycles. The molecule has 0 atom stereocenters. The Bertz CT molecular complexity index is 634. The summed E-state index contributed by atoms with van der Waals surface area (Å²) >= 11 is 12.1. The first kappa shape index (κ1) is 13.8. The van der Waals surface area contributed by atoms with Crippen LogP contribution in [0.15, 0.2) is 18.2 Å². The second-order valence-electron chi connectivity index (χ2n) is 5.00. The van der Waals surface area contributed by atoms with Crippen molar-refractivity contribution in [3.8, 4) is 11.3 Å². The molecule has 0 fully saturated rings. The molecule has 0 amide bonds. The van der Waals surface area contributed by atoms with Crippen LogP contribution in [0.5, 0.6) is 0 Å². The Morgan fingerprint density at radius 3 is 2.85 bits per heavy atom. The standard InChI is InChI=1S/C15H17Cl2N3/c1-2-20-15-11(5-3-4-8-18-15)14(19-20)10-6-7-12(16)13(17)9-10/h6-7,9,18H,2-5,8H2,1H3. The van der Waals surface area contributed by atoms with Crippen molar-refractivity contribution in [1.82, 2.24) is 9.78 Å². The maximum Gasteiger partial charge on any atom is 0.128 e. The van der Waals surface area contributed by atoms with Gasteiger partial charge in [0.1, 0.15) is 5.82 Å². The number of hydrogen-bond acceptors (Lipinski definition) is 2. The van der Waals surface area contributed by atoms with E-state index in [9.17, 15) is 0 Å². The van der Waals surface area contributed by atoms with Crippen molar-refractivity contribution in [3.05, 3.63) is 33.8 Å². The fourth-order valence-electron chi connectivity index (χ4n) is 2.67. The smallest absolute Gasteiger partial charge is 0.128 e. The van der Waals surface area contributed by atoms with Crippen molar-refractivity contribution < 1.29 is 0 Å². The third kappa shape index (κ3) is 2.40. The molecule has 20 heavy (non-hydrogen) atoms. The summed E-state index contributed by atoms with van der Waals surface area (Å²) in [5.41, 5.74) is 3.35. The van der Waals surface area contributed by atoms with E-state index in [0.29, 0.717) is 10.0 Å². The van der Waals surface area contributed by atoms with Gasteiger partial charge in [0.05, 0.1) is 15.7 Å². The van der Waals surface area contributed by atoms with Crippen LogP contribution >= 0.6 is 23.2 Å². The molecule has 1 aliphatic heterocycles. The highest BCUT2D eigenvalue weighted by atomic mass is 35.5. The van der Waals surface area contributed by atoms with Gasteiger partial charge in [-0.25, -0.2) is 4.68 Å². The Hall–Kier alpha value is -1.19. The molecule has 0 saturated carbocycles. The number of nitrogens with one attached hydrogen (secondary N) is 1. The Balaban J connectivity index is 2.13. The van der Waals surface area contributed by atoms with Crippen LogP contribution in [0.25, 0.3) is 11.3 Å². The first-order valence-corrected chi connectivity index (χ1v) is 7.75. The second-order valence-corrected chi connectivity index (χ2v) is 5.82. The number of hydrogen-bond donors (Lipinski definition) is 1. The molecule has 2 heterocycles. The van der Waals surface area contributed by atoms with Gasteiger partial charge in [-0.05, 0) is 38.3 Å². The molecule has 3 rings (SSSR count). The van der Waals surface area contributed by atoms with Crippen LogP contribution in [0, 0.1) is 0 Å². The quantitative estimate of drug-likeness (QED) is 0.877. The van der Waals surface area contributed by atoms with Crippen molar-refractivity contribution in [3.63, 3.8) is 0 Å². The molecule has 1 aliphatic rings. The van der Waals surface area contributed by atoms with Gasteiger partial charge in [-0.2, -0.15) is 5.10 Å². The van der Waals surface area contributed by atoms with E-state index >= 15 is 0 Å². The minimum atomic E-state index is 0.575. The number of aryl methyl sites for hydroxylation is 1. The van der Waals surface area contributed by atoms with Crippen LogP contribution < -0.4 is 5.32 Å². The maximum atomic E-state index is 6.14. The summed E-state index contributed by atoms with van der Waals surface area (Å²) in [6.07, 6.45) is 3.43. The molecule has 0 aliphatic carbocycles. The summed E-state index contributed by atoms with van der Waals surface area (Å²) in [5, 5.41) is 9.40. The Morgan fingerprint density at radius 1 is 1.25 bits per heavy atom. The van der Waals surface area contributed by atoms with Gasteiger partial charge in [-0.15, -0.1) is 0 Å². The molecule has 0 unspecified atom stereocenters. The van der Waals surface area contributed by atoms with Crippen LogP contribution in [-0.4, -0.2) is 16.3 Å². The predicted molar refractivity (Wildman–Crippen MR) is 84.8 cm³/mol. The fraction of sp³-hybridized carbons (Fsp3) is 0.400. The van der Waals surface area contributed by atoms with E-state index in [2.05, 4.69) is 12.2 Å². The van der Waals surface area contributed by atoms with Gasteiger partial charge in [0.2, 0.25) is 0 Å². The molecule has 0 radical (unpaired) electrons. The normalized spacial score (nSPS) is 14.6. The first-order chi connectivity index (χ1) is 9.70. The largest absolute Gasteiger partial charge is 0.370 e. The number of anilines is 1. The summed E-state index contributed by atoms with van der Waals surface area (Å²) in [6.45, 7) is 3.98. The molecule has 2 aromatic rings. The average Bonchev–Trinajstić information content (AvgIpc) is 2.63. The third-order valence-corrected chi connectivity index (χ3v) is 4.43. The lowest BCUT2D eigenvalue weighted by Crippen LogP contribution is -2.07. The predicted octanol–water partition coefficient (Wildman–Crippen LogP) is 4.63. The number of halogens is 2. The number of rotatable bonds is 2. The van der Waals surface area contributed by atoms with E-state index in [1.807, 2.05) is 22.9 Å². The Morgan fingerprint density at radius 2 is 2.10 bits per heavy atom. The lowest BCUT2D eigenvalue weighted by Gasteiger charge is -2.06. The van der Waals surface area contributed by atoms with Crippen molar-refractivity contribution in [1.29, 1.82) is 0 Å². The van der Waals surface area contributed by atoms with Crippen molar-refractivity contribution in [2.75, 3.05) is 11.9 Å². The molecular weight excluding hydrogens is 293 g/mol. The minimum absolute atomic E-state index is 0.575. The van der Waals surface area contributed by atoms with Gasteiger partial charge in [-0.1, -0.05) is 29.3 Å². The van der Waals surface area contributed by atoms with Crippen LogP contribution in [0.2, 0.25) is 10.0 Å². The van der Waals surface area contributed by atoms with Gasteiger partial charge >= 0.3 is 0 Å². The van der Waals surface area contributed by atoms with Gasteiger partial charge in [0.25, 0.3) is 0 Å². The van der Waals surface area contributed by atoms with Crippen LogP contribution in [0.3, 0.4) is 0 Å². The second kappa shape index (κ2) is 5.66. The van der Waals surface area contributed by atoms with Gasteiger partial charge in [0, 0.05) is 24.2 Å². The van der Waals surface area contributed by atoms with Gasteiger partial charge < -0.3 is 5.32 Å². The first-order valence-electron chi connectivity index (χ1n) is 6.99. The zero-order chi connectivity index (χ0) is 14.1. The molecule has 0 spiro atoms. The molecule has 5 heteroatoms. The van der Waals surface area contributed by atoms with E-state index in [0.717, 1.165) is 36.6 Å². The topological polar surface area (TPSA) is 29.9 Å². The summed E-state index contributed by atoms with van der Waals surface area (Å²) in [7, 11) is 0. The fourth-order valence-corrected chi connectivity index (χ4v) is 2.97. The van der Waals surface area contributed by atoms with Crippen molar-refractivity contribution >= 4 is 29.0 Å². The lowest BCUT2D eigenvalue weighted by molar-refractivity contribution is 0.665. The average molecular weight is 310 g/mol. The summed E-state index contributed by atoms with van der Waals surface area (Å²) in [5.74, 6) is 1.16. The van der Waals surface area contributed by atoms with Crippen LogP contribution in [0.4, 0.5) is 5.82 Å². The Kier molecular flexibility index (Phi) is 3.90. The molecular formula is C15H17Cl2N3. The van der Waals surface area contributed by atoms with Crippen molar-refractivity contribution in [2.45, 2.75) is 32.7 Å². The highest BCUT2D eigenvalue weighted by Gasteiger charge is 2.20. The summed E-state index contributed by atoms with van der Waals surface area (Å²) in [4.78, 5) is 0. The monoisotopic (exact) mass is 309 g/mol.